The maximum Gasteiger partial charge on any atom is 0.246 e. The number of allylic oxidation sites excluding steroid dienone is 1. The molecule has 28 heavy (non-hydrogen) atoms. The zero-order chi connectivity index (χ0) is 19.5. The van der Waals surface area contributed by atoms with E-state index in [2.05, 4.69) is 0 Å². The fraction of sp³-hybridized carbons (Fsp3) is 0.227. The van der Waals surface area contributed by atoms with Crippen LogP contribution in [0.5, 0.6) is 0 Å². The largest absolute Gasteiger partial charge is 0.492 e. The van der Waals surface area contributed by atoms with Gasteiger partial charge in [-0.05, 0) is 41.5 Å². The lowest BCUT2D eigenvalue weighted by molar-refractivity contribution is -0.122. The predicted molar refractivity (Wildman–Crippen MR) is 99.8 cm³/mol. The molecule has 0 saturated carbocycles. The Labute approximate surface area is 161 Å². The van der Waals surface area contributed by atoms with E-state index in [-0.39, 0.29) is 18.3 Å². The number of fused-ring (bicyclic) bond motifs is 4. The molecule has 1 amide bonds. The van der Waals surface area contributed by atoms with Crippen LogP contribution >= 0.6 is 0 Å². The van der Waals surface area contributed by atoms with E-state index in [4.69, 9.17) is 4.74 Å². The molecule has 2 aromatic rings. The summed E-state index contributed by atoms with van der Waals surface area (Å²) in [5, 5.41) is 20.1. The van der Waals surface area contributed by atoms with E-state index in [1.165, 1.54) is 24.3 Å². The van der Waals surface area contributed by atoms with E-state index in [9.17, 15) is 19.4 Å². The van der Waals surface area contributed by atoms with E-state index < -0.39 is 17.6 Å². The van der Waals surface area contributed by atoms with Gasteiger partial charge in [0.25, 0.3) is 0 Å². The van der Waals surface area contributed by atoms with E-state index in [1.54, 1.807) is 17.0 Å². The summed E-state index contributed by atoms with van der Waals surface area (Å²) in [4.78, 5) is 15.3. The molecule has 2 N–H and O–H groups in total. The van der Waals surface area contributed by atoms with E-state index in [0.29, 0.717) is 17.9 Å². The molecule has 5 nitrogen and oxygen atoms in total. The number of para-hydroxylation sites is 1. The zero-order valence-corrected chi connectivity index (χ0v) is 14.9. The van der Waals surface area contributed by atoms with Crippen molar-refractivity contribution in [1.29, 1.82) is 0 Å². The van der Waals surface area contributed by atoms with Crippen molar-refractivity contribution < 1.29 is 24.1 Å². The molecule has 1 spiro atoms. The maximum atomic E-state index is 13.7. The standard InChI is InChI=1S/C22H18FNO4/c23-14-7-5-13(6-8-14)11-24-17-4-2-1-3-15(17)22(21(24)27)12-28-20-10-19(26)18(25)9-16(20)22/h1-10,18-19,25-26H,11-12H2. The summed E-state index contributed by atoms with van der Waals surface area (Å²) in [6.45, 7) is 0.412. The van der Waals surface area contributed by atoms with Crippen LogP contribution in [0.25, 0.3) is 0 Å². The van der Waals surface area contributed by atoms with Gasteiger partial charge in [-0.3, -0.25) is 4.79 Å². The summed E-state index contributed by atoms with van der Waals surface area (Å²) in [5.74, 6) is -0.0481. The second-order valence-electron chi connectivity index (χ2n) is 7.32. The number of amides is 1. The van der Waals surface area contributed by atoms with Crippen LogP contribution in [-0.2, 0) is 21.5 Å². The molecule has 2 aliphatic heterocycles. The summed E-state index contributed by atoms with van der Waals surface area (Å²) in [6, 6.07) is 13.6. The molecule has 0 aromatic heterocycles. The minimum atomic E-state index is -1.09. The highest BCUT2D eigenvalue weighted by atomic mass is 19.1. The molecule has 3 unspecified atom stereocenters. The van der Waals surface area contributed by atoms with Gasteiger partial charge >= 0.3 is 0 Å². The molecule has 2 heterocycles. The zero-order valence-electron chi connectivity index (χ0n) is 14.9. The average molecular weight is 379 g/mol. The molecule has 5 rings (SSSR count). The molecule has 1 saturated heterocycles. The molecule has 0 radical (unpaired) electrons. The molecule has 1 fully saturated rings. The predicted octanol–water partition coefficient (Wildman–Crippen LogP) is 2.19. The third-order valence-electron chi connectivity index (χ3n) is 5.70. The number of hydrogen-bond acceptors (Lipinski definition) is 4. The Morgan fingerprint density at radius 3 is 2.57 bits per heavy atom. The van der Waals surface area contributed by atoms with Gasteiger partial charge in [0.1, 0.15) is 35.8 Å². The van der Waals surface area contributed by atoms with E-state index in [0.717, 1.165) is 16.8 Å². The van der Waals surface area contributed by atoms with Gasteiger partial charge in [0.05, 0.1) is 6.54 Å². The summed E-state index contributed by atoms with van der Waals surface area (Å²) < 4.78 is 19.0. The van der Waals surface area contributed by atoms with Gasteiger partial charge in [-0.15, -0.1) is 0 Å². The first-order valence-electron chi connectivity index (χ1n) is 9.10. The lowest BCUT2D eigenvalue weighted by Gasteiger charge is -2.26. The Hall–Kier alpha value is -2.96. The summed E-state index contributed by atoms with van der Waals surface area (Å²) >= 11 is 0. The number of halogens is 1. The van der Waals surface area contributed by atoms with Gasteiger partial charge in [0, 0.05) is 11.3 Å². The second kappa shape index (κ2) is 6.02. The minimum Gasteiger partial charge on any atom is -0.492 e. The van der Waals surface area contributed by atoms with Gasteiger partial charge < -0.3 is 19.8 Å². The molecule has 0 bridgehead atoms. The number of ether oxygens (including phenoxy) is 1. The van der Waals surface area contributed by atoms with E-state index >= 15 is 0 Å². The molecule has 142 valence electrons. The molecule has 6 heteroatoms. The maximum absolute atomic E-state index is 13.7. The molecule has 2 aromatic carbocycles. The SMILES string of the molecule is O=C1N(Cc2ccc(F)cc2)c2ccccc2C12COC1=CC(O)C(O)C=C12. The average Bonchev–Trinajstić information content (AvgIpc) is 3.17. The smallest absolute Gasteiger partial charge is 0.246 e. The molecule has 3 atom stereocenters. The molecule has 3 aliphatic rings. The van der Waals surface area contributed by atoms with E-state index in [1.807, 2.05) is 24.3 Å². The van der Waals surface area contributed by atoms with Crippen LogP contribution < -0.4 is 4.90 Å². The van der Waals surface area contributed by atoms with Gasteiger partial charge in [0.2, 0.25) is 5.91 Å². The van der Waals surface area contributed by atoms with Gasteiger partial charge in [-0.25, -0.2) is 4.39 Å². The van der Waals surface area contributed by atoms with Gasteiger partial charge in [-0.1, -0.05) is 30.3 Å². The highest BCUT2D eigenvalue weighted by molar-refractivity contribution is 6.11. The summed E-state index contributed by atoms with van der Waals surface area (Å²) in [7, 11) is 0. The molecule has 1 aliphatic carbocycles. The number of aliphatic hydroxyl groups excluding tert-OH is 2. The first-order valence-corrected chi connectivity index (χ1v) is 9.10. The van der Waals surface area contributed by atoms with Crippen molar-refractivity contribution >= 4 is 11.6 Å². The monoisotopic (exact) mass is 379 g/mol. The van der Waals surface area contributed by atoms with Crippen LogP contribution in [-0.4, -0.2) is 34.9 Å². The van der Waals surface area contributed by atoms with Gasteiger partial charge in [0.15, 0.2) is 0 Å². The Morgan fingerprint density at radius 2 is 1.79 bits per heavy atom. The normalized spacial score (nSPS) is 28.0. The Kier molecular flexibility index (Phi) is 3.69. The van der Waals surface area contributed by atoms with Crippen LogP contribution in [0, 0.1) is 5.82 Å². The molecular formula is C22H18FNO4. The van der Waals surface area contributed by atoms with Crippen molar-refractivity contribution in [2.75, 3.05) is 11.5 Å². The van der Waals surface area contributed by atoms with Crippen molar-refractivity contribution in [2.45, 2.75) is 24.2 Å². The number of carbonyl (C=O) groups excluding carboxylic acids is 1. The summed E-state index contributed by atoms with van der Waals surface area (Å²) in [5.41, 5.74) is 1.92. The number of aliphatic hydroxyl groups is 2. The van der Waals surface area contributed by atoms with Gasteiger partial charge in [-0.2, -0.15) is 0 Å². The summed E-state index contributed by atoms with van der Waals surface area (Å²) in [6.07, 6.45) is 0.815. The minimum absolute atomic E-state index is 0.111. The Morgan fingerprint density at radius 1 is 1.07 bits per heavy atom. The van der Waals surface area contributed by atoms with Crippen molar-refractivity contribution in [2.24, 2.45) is 0 Å². The number of hydrogen-bond donors (Lipinski definition) is 2. The van der Waals surface area contributed by atoms with Crippen molar-refractivity contribution in [1.82, 2.24) is 0 Å². The lowest BCUT2D eigenvalue weighted by Crippen LogP contribution is -2.42. The van der Waals surface area contributed by atoms with Crippen LogP contribution in [0.2, 0.25) is 0 Å². The highest BCUT2D eigenvalue weighted by Crippen LogP contribution is 2.53. The number of carbonyl (C=O) groups is 1. The quantitative estimate of drug-likeness (QED) is 0.839. The number of benzene rings is 2. The first-order chi connectivity index (χ1) is 13.5. The highest BCUT2D eigenvalue weighted by Gasteiger charge is 2.59. The third kappa shape index (κ3) is 2.28. The second-order valence-corrected chi connectivity index (χ2v) is 7.32. The first kappa shape index (κ1) is 17.2. The number of anilines is 1. The fourth-order valence-corrected chi connectivity index (χ4v) is 4.29. The molecular weight excluding hydrogens is 361 g/mol. The van der Waals surface area contributed by atoms with Crippen molar-refractivity contribution in [3.63, 3.8) is 0 Å². The Balaban J connectivity index is 1.61. The Bertz CT molecular complexity index is 1030. The van der Waals surface area contributed by atoms with Crippen LogP contribution in [0.15, 0.2) is 72.0 Å². The third-order valence-corrected chi connectivity index (χ3v) is 5.70. The number of rotatable bonds is 2. The topological polar surface area (TPSA) is 70.0 Å². The number of nitrogens with zero attached hydrogens (tertiary/aromatic N) is 1. The van der Waals surface area contributed by atoms with Crippen molar-refractivity contribution in [3.05, 3.63) is 89.0 Å². The van der Waals surface area contributed by atoms with Crippen LogP contribution in [0.4, 0.5) is 10.1 Å². The fourth-order valence-electron chi connectivity index (χ4n) is 4.29. The lowest BCUT2D eigenvalue weighted by atomic mass is 9.74. The van der Waals surface area contributed by atoms with Crippen molar-refractivity contribution in [3.8, 4) is 0 Å². The van der Waals surface area contributed by atoms with Crippen LogP contribution in [0.3, 0.4) is 0 Å². The van der Waals surface area contributed by atoms with Crippen LogP contribution in [0.1, 0.15) is 11.1 Å².